The second kappa shape index (κ2) is 12.5. The number of aromatic nitrogens is 3. The Kier molecular flexibility index (Phi) is 7.18. The van der Waals surface area contributed by atoms with Crippen molar-refractivity contribution >= 4 is 43.6 Å². The van der Waals surface area contributed by atoms with Crippen molar-refractivity contribution in [1.82, 2.24) is 14.1 Å². The van der Waals surface area contributed by atoms with Gasteiger partial charge in [0.1, 0.15) is 5.82 Å². The minimum Gasteiger partial charge on any atom is -0.309 e. The highest BCUT2D eigenvalue weighted by Gasteiger charge is 2.18. The standard InChI is InChI=1S/C49H29N5/c50-30-32-14-18-34(19-15-32)38-27-44(35-20-16-33(31-51)17-21-35)52-49(29-38)54-46-13-7-5-11-41(46)43-26-36(23-25-47(43)54)37-22-24-42-40-10-4-6-12-45(40)53(48(42)28-37)39-8-2-1-3-9-39/h1-29H. The minimum absolute atomic E-state index is 0.598. The Balaban J connectivity index is 1.17. The number of rotatable bonds is 5. The Morgan fingerprint density at radius 1 is 0.370 bits per heavy atom. The molecule has 7 aromatic carbocycles. The van der Waals surface area contributed by atoms with Crippen LogP contribution in [-0.2, 0) is 0 Å². The van der Waals surface area contributed by atoms with Gasteiger partial charge in [0.15, 0.2) is 0 Å². The number of para-hydroxylation sites is 3. The van der Waals surface area contributed by atoms with Gasteiger partial charge in [-0.15, -0.1) is 0 Å². The van der Waals surface area contributed by atoms with Crippen molar-refractivity contribution in [1.29, 1.82) is 10.5 Å². The Morgan fingerprint density at radius 3 is 1.61 bits per heavy atom. The van der Waals surface area contributed by atoms with Crippen molar-refractivity contribution < 1.29 is 0 Å². The van der Waals surface area contributed by atoms with Gasteiger partial charge in [-0.25, -0.2) is 4.98 Å². The quantitative estimate of drug-likeness (QED) is 0.181. The summed E-state index contributed by atoms with van der Waals surface area (Å²) in [5.74, 6) is 0.781. The predicted molar refractivity (Wildman–Crippen MR) is 219 cm³/mol. The van der Waals surface area contributed by atoms with Crippen molar-refractivity contribution in [3.05, 3.63) is 187 Å². The van der Waals surface area contributed by atoms with Gasteiger partial charge in [0, 0.05) is 32.8 Å². The number of nitriles is 2. The van der Waals surface area contributed by atoms with Crippen LogP contribution in [0.15, 0.2) is 176 Å². The van der Waals surface area contributed by atoms with E-state index in [1.807, 2.05) is 48.5 Å². The molecule has 0 fully saturated rings. The Labute approximate surface area is 311 Å². The van der Waals surface area contributed by atoms with Crippen molar-refractivity contribution in [3.63, 3.8) is 0 Å². The van der Waals surface area contributed by atoms with Crippen LogP contribution in [0.1, 0.15) is 11.1 Å². The maximum Gasteiger partial charge on any atom is 0.138 e. The normalized spacial score (nSPS) is 11.3. The molecule has 10 rings (SSSR count). The summed E-state index contributed by atoms with van der Waals surface area (Å²) in [6.45, 7) is 0. The van der Waals surface area contributed by atoms with E-state index >= 15 is 0 Å². The first-order valence-electron chi connectivity index (χ1n) is 17.8. The molecule has 0 unspecified atom stereocenters. The van der Waals surface area contributed by atoms with Crippen LogP contribution in [0.4, 0.5) is 0 Å². The average molecular weight is 688 g/mol. The summed E-state index contributed by atoms with van der Waals surface area (Å²) in [5.41, 5.74) is 12.8. The molecule has 0 N–H and O–H groups in total. The van der Waals surface area contributed by atoms with Crippen LogP contribution < -0.4 is 0 Å². The molecule has 0 atom stereocenters. The van der Waals surface area contributed by atoms with E-state index in [4.69, 9.17) is 4.98 Å². The maximum absolute atomic E-state index is 9.45. The van der Waals surface area contributed by atoms with Crippen LogP contribution in [0, 0.1) is 22.7 Å². The first-order chi connectivity index (χ1) is 26.7. The molecule has 250 valence electrons. The zero-order valence-electron chi connectivity index (χ0n) is 29.0. The summed E-state index contributed by atoms with van der Waals surface area (Å²) in [5, 5.41) is 23.6. The second-order valence-electron chi connectivity index (χ2n) is 13.5. The van der Waals surface area contributed by atoms with E-state index in [0.29, 0.717) is 11.1 Å². The van der Waals surface area contributed by atoms with Crippen LogP contribution in [0.3, 0.4) is 0 Å². The fourth-order valence-corrected chi connectivity index (χ4v) is 7.80. The molecular weight excluding hydrogens is 659 g/mol. The smallest absolute Gasteiger partial charge is 0.138 e. The summed E-state index contributed by atoms with van der Waals surface area (Å²) in [6.07, 6.45) is 0. The lowest BCUT2D eigenvalue weighted by atomic mass is 10.0. The Bertz CT molecular complexity index is 3080. The first kappa shape index (κ1) is 31.0. The maximum atomic E-state index is 9.45. The van der Waals surface area contributed by atoms with Gasteiger partial charge in [-0.2, -0.15) is 10.5 Å². The molecule has 5 heteroatoms. The van der Waals surface area contributed by atoms with E-state index in [9.17, 15) is 10.5 Å². The monoisotopic (exact) mass is 687 g/mol. The minimum atomic E-state index is 0.598. The molecule has 0 amide bonds. The summed E-state index contributed by atoms with van der Waals surface area (Å²) in [6, 6.07) is 65.0. The predicted octanol–water partition coefficient (Wildman–Crippen LogP) is 12.0. The average Bonchev–Trinajstić information content (AvgIpc) is 3.76. The lowest BCUT2D eigenvalue weighted by molar-refractivity contribution is 1.08. The number of hydrogen-bond acceptors (Lipinski definition) is 3. The van der Waals surface area contributed by atoms with Crippen LogP contribution >= 0.6 is 0 Å². The fraction of sp³-hybridized carbons (Fsp3) is 0. The molecule has 0 spiro atoms. The number of nitrogens with zero attached hydrogens (tertiary/aromatic N) is 5. The van der Waals surface area contributed by atoms with Crippen molar-refractivity contribution in [2.24, 2.45) is 0 Å². The van der Waals surface area contributed by atoms with Crippen LogP contribution in [0.5, 0.6) is 0 Å². The number of fused-ring (bicyclic) bond motifs is 6. The van der Waals surface area contributed by atoms with E-state index in [-0.39, 0.29) is 0 Å². The van der Waals surface area contributed by atoms with Crippen LogP contribution in [0.2, 0.25) is 0 Å². The Hall–Kier alpha value is -7.73. The lowest BCUT2D eigenvalue weighted by Crippen LogP contribution is -2.00. The third-order valence-corrected chi connectivity index (χ3v) is 10.4. The van der Waals surface area contributed by atoms with Gasteiger partial charge in [0.25, 0.3) is 0 Å². The van der Waals surface area contributed by atoms with Gasteiger partial charge in [-0.05, 0) is 101 Å². The molecule has 0 aliphatic heterocycles. The molecule has 0 bridgehead atoms. The highest BCUT2D eigenvalue weighted by atomic mass is 15.1. The number of pyridine rings is 1. The van der Waals surface area contributed by atoms with Gasteiger partial charge >= 0.3 is 0 Å². The second-order valence-corrected chi connectivity index (χ2v) is 13.5. The zero-order chi connectivity index (χ0) is 36.2. The number of hydrogen-bond donors (Lipinski definition) is 0. The fourth-order valence-electron chi connectivity index (χ4n) is 7.80. The molecule has 0 aliphatic rings. The summed E-state index contributed by atoms with van der Waals surface area (Å²) in [4.78, 5) is 5.26. The summed E-state index contributed by atoms with van der Waals surface area (Å²) in [7, 11) is 0. The van der Waals surface area contributed by atoms with E-state index in [0.717, 1.165) is 66.8 Å². The van der Waals surface area contributed by atoms with E-state index < -0.39 is 0 Å². The van der Waals surface area contributed by atoms with Gasteiger partial charge in [0.05, 0.1) is 51.0 Å². The summed E-state index contributed by atoms with van der Waals surface area (Å²) < 4.78 is 4.60. The molecule has 10 aromatic rings. The van der Waals surface area contributed by atoms with Gasteiger partial charge in [0.2, 0.25) is 0 Å². The SMILES string of the molecule is N#Cc1ccc(-c2cc(-c3ccc(C#N)cc3)nc(-n3c4ccccc4c4cc(-c5ccc6c7ccccc7n(-c7ccccc7)c6c5)ccc43)c2)cc1. The molecule has 0 saturated heterocycles. The zero-order valence-corrected chi connectivity index (χ0v) is 29.0. The topological polar surface area (TPSA) is 70.3 Å². The molecule has 3 heterocycles. The van der Waals surface area contributed by atoms with E-state index in [2.05, 4.69) is 149 Å². The van der Waals surface area contributed by atoms with Crippen molar-refractivity contribution in [2.75, 3.05) is 0 Å². The Morgan fingerprint density at radius 2 is 0.907 bits per heavy atom. The van der Waals surface area contributed by atoms with Gasteiger partial charge < -0.3 is 4.57 Å². The van der Waals surface area contributed by atoms with E-state index in [1.54, 1.807) is 0 Å². The molecule has 3 aromatic heterocycles. The molecule has 0 aliphatic carbocycles. The van der Waals surface area contributed by atoms with E-state index in [1.165, 1.54) is 21.8 Å². The highest BCUT2D eigenvalue weighted by Crippen LogP contribution is 2.39. The number of benzene rings is 7. The largest absolute Gasteiger partial charge is 0.309 e. The molecule has 0 saturated carbocycles. The third kappa shape index (κ3) is 5.04. The lowest BCUT2D eigenvalue weighted by Gasteiger charge is -2.13. The summed E-state index contributed by atoms with van der Waals surface area (Å²) >= 11 is 0. The molecule has 5 nitrogen and oxygen atoms in total. The molecule has 54 heavy (non-hydrogen) atoms. The highest BCUT2D eigenvalue weighted by molar-refractivity contribution is 6.12. The molecular formula is C49H29N5. The van der Waals surface area contributed by atoms with Crippen LogP contribution in [0.25, 0.3) is 88.6 Å². The van der Waals surface area contributed by atoms with Gasteiger partial charge in [-0.1, -0.05) is 97.1 Å². The third-order valence-electron chi connectivity index (χ3n) is 10.4. The van der Waals surface area contributed by atoms with Crippen molar-refractivity contribution in [3.8, 4) is 57.2 Å². The first-order valence-corrected chi connectivity index (χ1v) is 17.8. The van der Waals surface area contributed by atoms with Crippen LogP contribution in [-0.4, -0.2) is 14.1 Å². The molecule has 0 radical (unpaired) electrons. The van der Waals surface area contributed by atoms with Crippen molar-refractivity contribution in [2.45, 2.75) is 0 Å². The van der Waals surface area contributed by atoms with Gasteiger partial charge in [-0.3, -0.25) is 4.57 Å².